The van der Waals surface area contributed by atoms with Gasteiger partial charge in [-0.3, -0.25) is 14.7 Å². The number of fused-ring (bicyclic) bond motifs is 1. The monoisotopic (exact) mass is 352 g/mol. The zero-order chi connectivity index (χ0) is 17.2. The number of rotatable bonds is 3. The quantitative estimate of drug-likeness (QED) is 0.787. The SMILES string of the molecule is O=c1[nH]c(-c2cccnc2)nc2c1CN(Cc1ccc(Cl)cc1)CC2. The highest BCUT2D eigenvalue weighted by Gasteiger charge is 2.21. The number of nitrogens with zero attached hydrogens (tertiary/aromatic N) is 3. The first-order chi connectivity index (χ1) is 12.2. The number of halogens is 1. The van der Waals surface area contributed by atoms with Crippen LogP contribution in [0.4, 0.5) is 0 Å². The van der Waals surface area contributed by atoms with Crippen LogP contribution in [0.15, 0.2) is 53.6 Å². The van der Waals surface area contributed by atoms with E-state index < -0.39 is 0 Å². The summed E-state index contributed by atoms with van der Waals surface area (Å²) >= 11 is 5.94. The Morgan fingerprint density at radius 3 is 2.80 bits per heavy atom. The normalized spacial score (nSPS) is 14.3. The van der Waals surface area contributed by atoms with Gasteiger partial charge < -0.3 is 4.98 Å². The molecule has 3 heterocycles. The van der Waals surface area contributed by atoms with E-state index in [1.807, 2.05) is 36.4 Å². The van der Waals surface area contributed by atoms with Crippen molar-refractivity contribution in [2.45, 2.75) is 19.5 Å². The predicted octanol–water partition coefficient (Wildman–Crippen LogP) is 3.04. The Kier molecular flexibility index (Phi) is 4.34. The fourth-order valence-corrected chi connectivity index (χ4v) is 3.23. The minimum atomic E-state index is -0.0651. The van der Waals surface area contributed by atoms with E-state index in [0.717, 1.165) is 41.4 Å². The maximum atomic E-state index is 12.5. The summed E-state index contributed by atoms with van der Waals surface area (Å²) in [6.07, 6.45) is 4.18. The van der Waals surface area contributed by atoms with Crippen molar-refractivity contribution in [2.24, 2.45) is 0 Å². The third kappa shape index (κ3) is 3.48. The van der Waals surface area contributed by atoms with Crippen LogP contribution in [0.25, 0.3) is 11.4 Å². The smallest absolute Gasteiger partial charge is 0.255 e. The van der Waals surface area contributed by atoms with Crippen molar-refractivity contribution in [1.82, 2.24) is 19.9 Å². The van der Waals surface area contributed by atoms with Gasteiger partial charge in [-0.2, -0.15) is 0 Å². The number of nitrogens with one attached hydrogen (secondary N) is 1. The molecule has 3 aromatic rings. The van der Waals surface area contributed by atoms with E-state index in [-0.39, 0.29) is 5.56 Å². The van der Waals surface area contributed by atoms with E-state index in [0.29, 0.717) is 12.4 Å². The van der Waals surface area contributed by atoms with Gasteiger partial charge in [-0.1, -0.05) is 23.7 Å². The first-order valence-corrected chi connectivity index (χ1v) is 8.56. The predicted molar refractivity (Wildman–Crippen MR) is 97.4 cm³/mol. The van der Waals surface area contributed by atoms with E-state index in [1.165, 1.54) is 5.56 Å². The van der Waals surface area contributed by atoms with Crippen molar-refractivity contribution in [2.75, 3.05) is 6.54 Å². The van der Waals surface area contributed by atoms with Crippen molar-refractivity contribution < 1.29 is 0 Å². The highest BCUT2D eigenvalue weighted by Crippen LogP contribution is 2.20. The minimum Gasteiger partial charge on any atom is -0.306 e. The molecule has 0 atom stereocenters. The molecule has 0 aliphatic carbocycles. The maximum absolute atomic E-state index is 12.5. The van der Waals surface area contributed by atoms with Gasteiger partial charge in [0, 0.05) is 49.0 Å². The lowest BCUT2D eigenvalue weighted by Crippen LogP contribution is -2.35. The molecule has 0 unspecified atom stereocenters. The van der Waals surface area contributed by atoms with Crippen LogP contribution in [0.1, 0.15) is 16.8 Å². The number of benzene rings is 1. The zero-order valence-corrected chi connectivity index (χ0v) is 14.3. The molecule has 1 aliphatic rings. The van der Waals surface area contributed by atoms with Gasteiger partial charge in [0.15, 0.2) is 0 Å². The molecule has 4 rings (SSSR count). The Labute approximate surface area is 150 Å². The standard InChI is InChI=1S/C19H17ClN4O/c20-15-5-3-13(4-6-15)11-24-9-7-17-16(12-24)19(25)23-18(22-17)14-2-1-8-21-10-14/h1-6,8,10H,7,9,11-12H2,(H,22,23,25). The van der Waals surface area contributed by atoms with E-state index in [9.17, 15) is 4.79 Å². The lowest BCUT2D eigenvalue weighted by molar-refractivity contribution is 0.242. The molecule has 0 saturated heterocycles. The Hall–Kier alpha value is -2.50. The molecule has 126 valence electrons. The van der Waals surface area contributed by atoms with Crippen molar-refractivity contribution in [3.63, 3.8) is 0 Å². The Morgan fingerprint density at radius 1 is 1.20 bits per heavy atom. The number of hydrogen-bond acceptors (Lipinski definition) is 4. The number of aromatic amines is 1. The summed E-state index contributed by atoms with van der Waals surface area (Å²) in [5, 5.41) is 0.733. The summed E-state index contributed by atoms with van der Waals surface area (Å²) in [6.45, 7) is 2.27. The maximum Gasteiger partial charge on any atom is 0.255 e. The van der Waals surface area contributed by atoms with Gasteiger partial charge in [0.1, 0.15) is 5.82 Å². The summed E-state index contributed by atoms with van der Waals surface area (Å²) in [6, 6.07) is 11.6. The van der Waals surface area contributed by atoms with Crippen LogP contribution in [0.2, 0.25) is 5.02 Å². The van der Waals surface area contributed by atoms with Crippen LogP contribution >= 0.6 is 11.6 Å². The van der Waals surface area contributed by atoms with Gasteiger partial charge >= 0.3 is 0 Å². The average molecular weight is 353 g/mol. The second kappa shape index (κ2) is 6.78. The van der Waals surface area contributed by atoms with Crippen LogP contribution in [0, 0.1) is 0 Å². The van der Waals surface area contributed by atoms with Crippen LogP contribution < -0.4 is 5.56 Å². The molecule has 1 aliphatic heterocycles. The fourth-order valence-electron chi connectivity index (χ4n) is 3.10. The fraction of sp³-hybridized carbons (Fsp3) is 0.211. The van der Waals surface area contributed by atoms with Gasteiger partial charge in [0.25, 0.3) is 5.56 Å². The lowest BCUT2D eigenvalue weighted by atomic mass is 10.1. The minimum absolute atomic E-state index is 0.0651. The van der Waals surface area contributed by atoms with E-state index in [1.54, 1.807) is 12.4 Å². The molecule has 5 nitrogen and oxygen atoms in total. The van der Waals surface area contributed by atoms with Gasteiger partial charge in [-0.15, -0.1) is 0 Å². The highest BCUT2D eigenvalue weighted by molar-refractivity contribution is 6.30. The van der Waals surface area contributed by atoms with Gasteiger partial charge in [-0.05, 0) is 29.8 Å². The number of pyridine rings is 1. The first kappa shape index (κ1) is 16.0. The third-order valence-electron chi connectivity index (χ3n) is 4.40. The topological polar surface area (TPSA) is 61.9 Å². The van der Waals surface area contributed by atoms with Crippen molar-refractivity contribution in [3.05, 3.63) is 81.0 Å². The largest absolute Gasteiger partial charge is 0.306 e. The molecule has 0 fully saturated rings. The highest BCUT2D eigenvalue weighted by atomic mass is 35.5. The van der Waals surface area contributed by atoms with Crippen molar-refractivity contribution in [1.29, 1.82) is 0 Å². The van der Waals surface area contributed by atoms with Gasteiger partial charge in [0.05, 0.1) is 11.3 Å². The number of hydrogen-bond donors (Lipinski definition) is 1. The molecule has 0 spiro atoms. The molecule has 0 radical (unpaired) electrons. The molecule has 25 heavy (non-hydrogen) atoms. The second-order valence-electron chi connectivity index (χ2n) is 6.17. The first-order valence-electron chi connectivity index (χ1n) is 8.18. The molecular formula is C19H17ClN4O. The average Bonchev–Trinajstić information content (AvgIpc) is 2.65. The van der Waals surface area contributed by atoms with Crippen molar-refractivity contribution >= 4 is 11.6 Å². The van der Waals surface area contributed by atoms with Gasteiger partial charge in [0.2, 0.25) is 0 Å². The van der Waals surface area contributed by atoms with Crippen LogP contribution in [0.3, 0.4) is 0 Å². The van der Waals surface area contributed by atoms with Crippen LogP contribution in [-0.2, 0) is 19.5 Å². The summed E-state index contributed by atoms with van der Waals surface area (Å²) in [5.41, 5.74) is 3.59. The van der Waals surface area contributed by atoms with E-state index >= 15 is 0 Å². The number of aromatic nitrogens is 3. The molecular weight excluding hydrogens is 336 g/mol. The third-order valence-corrected chi connectivity index (χ3v) is 4.65. The molecule has 1 N–H and O–H groups in total. The molecule has 6 heteroatoms. The summed E-state index contributed by atoms with van der Waals surface area (Å²) < 4.78 is 0. The second-order valence-corrected chi connectivity index (χ2v) is 6.61. The Morgan fingerprint density at radius 2 is 2.04 bits per heavy atom. The summed E-state index contributed by atoms with van der Waals surface area (Å²) in [5.74, 6) is 0.586. The lowest BCUT2D eigenvalue weighted by Gasteiger charge is -2.27. The van der Waals surface area contributed by atoms with Gasteiger partial charge in [-0.25, -0.2) is 4.98 Å². The zero-order valence-electron chi connectivity index (χ0n) is 13.6. The summed E-state index contributed by atoms with van der Waals surface area (Å²) in [7, 11) is 0. The van der Waals surface area contributed by atoms with E-state index in [4.69, 9.17) is 11.6 Å². The van der Waals surface area contributed by atoms with Crippen LogP contribution in [0.5, 0.6) is 0 Å². The molecule has 0 bridgehead atoms. The van der Waals surface area contributed by atoms with E-state index in [2.05, 4.69) is 19.9 Å². The molecule has 0 saturated carbocycles. The Bertz CT molecular complexity index is 938. The summed E-state index contributed by atoms with van der Waals surface area (Å²) in [4.78, 5) is 26.4. The molecule has 2 aromatic heterocycles. The van der Waals surface area contributed by atoms with Crippen LogP contribution in [-0.4, -0.2) is 26.4 Å². The molecule has 1 aromatic carbocycles. The molecule has 0 amide bonds. The number of H-pyrrole nitrogens is 1. The van der Waals surface area contributed by atoms with Crippen molar-refractivity contribution in [3.8, 4) is 11.4 Å². The Balaban J connectivity index is 1.57.